The number of aromatic nitrogens is 2. The van der Waals surface area contributed by atoms with Crippen molar-refractivity contribution in [2.45, 2.75) is 25.3 Å². The van der Waals surface area contributed by atoms with E-state index in [-0.39, 0.29) is 17.3 Å². The molecule has 0 aromatic carbocycles. The normalized spacial score (nSPS) is 15.7. The molecule has 1 amide bonds. The average Bonchev–Trinajstić information content (AvgIpc) is 2.59. The van der Waals surface area contributed by atoms with Crippen molar-refractivity contribution in [3.05, 3.63) is 17.5 Å². The van der Waals surface area contributed by atoms with E-state index >= 15 is 0 Å². The molecular formula is C9H11N3O3. The van der Waals surface area contributed by atoms with E-state index in [1.807, 2.05) is 0 Å². The van der Waals surface area contributed by atoms with E-state index in [4.69, 9.17) is 5.11 Å². The van der Waals surface area contributed by atoms with E-state index in [1.54, 1.807) is 0 Å². The lowest BCUT2D eigenvalue weighted by molar-refractivity contribution is 0.0690. The van der Waals surface area contributed by atoms with Crippen LogP contribution in [0.15, 0.2) is 6.20 Å². The van der Waals surface area contributed by atoms with Gasteiger partial charge in [-0.3, -0.25) is 9.89 Å². The van der Waals surface area contributed by atoms with Crippen LogP contribution in [0.5, 0.6) is 0 Å². The molecule has 1 aliphatic rings. The number of aromatic amines is 1. The lowest BCUT2D eigenvalue weighted by atomic mass is 9.93. The minimum Gasteiger partial charge on any atom is -0.478 e. The molecule has 2 rings (SSSR count). The fourth-order valence-corrected chi connectivity index (χ4v) is 1.43. The predicted octanol–water partition coefficient (Wildman–Crippen LogP) is 0.390. The molecule has 0 atom stereocenters. The third-order valence-corrected chi connectivity index (χ3v) is 2.54. The highest BCUT2D eigenvalue weighted by Gasteiger charge is 2.24. The van der Waals surface area contributed by atoms with Gasteiger partial charge in [0.15, 0.2) is 0 Å². The molecule has 0 saturated heterocycles. The number of carbonyl (C=O) groups excluding carboxylic acids is 1. The van der Waals surface area contributed by atoms with Crippen molar-refractivity contribution in [2.75, 3.05) is 0 Å². The van der Waals surface area contributed by atoms with E-state index in [1.165, 1.54) is 0 Å². The molecule has 80 valence electrons. The number of rotatable bonds is 3. The maximum atomic E-state index is 11.6. The minimum atomic E-state index is -1.15. The van der Waals surface area contributed by atoms with Crippen molar-refractivity contribution >= 4 is 11.9 Å². The van der Waals surface area contributed by atoms with Gasteiger partial charge in [0.2, 0.25) is 0 Å². The Morgan fingerprint density at radius 1 is 1.53 bits per heavy atom. The summed E-state index contributed by atoms with van der Waals surface area (Å²) in [4.78, 5) is 22.3. The molecule has 1 saturated carbocycles. The van der Waals surface area contributed by atoms with Crippen LogP contribution in [0.1, 0.15) is 40.1 Å². The van der Waals surface area contributed by atoms with Crippen LogP contribution in [0.25, 0.3) is 0 Å². The second-order valence-electron chi connectivity index (χ2n) is 3.57. The van der Waals surface area contributed by atoms with E-state index in [2.05, 4.69) is 15.5 Å². The summed E-state index contributed by atoms with van der Waals surface area (Å²) in [6.07, 6.45) is 4.17. The van der Waals surface area contributed by atoms with Gasteiger partial charge < -0.3 is 10.4 Å². The fourth-order valence-electron chi connectivity index (χ4n) is 1.43. The summed E-state index contributed by atoms with van der Waals surface area (Å²) in [5.41, 5.74) is -0.0683. The number of carboxylic acids is 1. The van der Waals surface area contributed by atoms with Gasteiger partial charge >= 0.3 is 5.97 Å². The Kier molecular flexibility index (Phi) is 2.40. The Bertz CT molecular complexity index is 395. The Morgan fingerprint density at radius 3 is 2.80 bits per heavy atom. The number of nitrogens with one attached hydrogen (secondary N) is 2. The van der Waals surface area contributed by atoms with Crippen LogP contribution in [0.2, 0.25) is 0 Å². The Labute approximate surface area is 85.7 Å². The predicted molar refractivity (Wildman–Crippen MR) is 50.7 cm³/mol. The maximum Gasteiger partial charge on any atom is 0.339 e. The third kappa shape index (κ3) is 1.83. The van der Waals surface area contributed by atoms with Gasteiger partial charge in [-0.15, -0.1) is 0 Å². The first-order valence-electron chi connectivity index (χ1n) is 4.76. The van der Waals surface area contributed by atoms with Gasteiger partial charge in [-0.2, -0.15) is 5.10 Å². The molecule has 0 aliphatic heterocycles. The zero-order valence-electron chi connectivity index (χ0n) is 7.99. The number of hydrogen-bond acceptors (Lipinski definition) is 3. The van der Waals surface area contributed by atoms with Crippen LogP contribution < -0.4 is 5.32 Å². The van der Waals surface area contributed by atoms with Gasteiger partial charge in [0.05, 0.1) is 6.20 Å². The van der Waals surface area contributed by atoms with Crippen molar-refractivity contribution < 1.29 is 14.7 Å². The number of H-pyrrole nitrogens is 1. The molecule has 1 aromatic rings. The molecule has 0 bridgehead atoms. The molecule has 1 aromatic heterocycles. The lowest BCUT2D eigenvalue weighted by Crippen LogP contribution is -2.40. The van der Waals surface area contributed by atoms with Crippen LogP contribution in [-0.2, 0) is 0 Å². The van der Waals surface area contributed by atoms with E-state index in [9.17, 15) is 9.59 Å². The Balaban J connectivity index is 2.10. The number of aromatic carboxylic acids is 1. The highest BCUT2D eigenvalue weighted by Crippen LogP contribution is 2.18. The average molecular weight is 209 g/mol. The highest BCUT2D eigenvalue weighted by molar-refractivity contribution is 6.03. The molecule has 1 heterocycles. The SMILES string of the molecule is O=C(O)c1cn[nH]c1C(=O)NC1CCC1. The molecule has 15 heavy (non-hydrogen) atoms. The summed E-state index contributed by atoms with van der Waals surface area (Å²) in [6.45, 7) is 0. The summed E-state index contributed by atoms with van der Waals surface area (Å²) in [7, 11) is 0. The Morgan fingerprint density at radius 2 is 2.27 bits per heavy atom. The second kappa shape index (κ2) is 3.72. The van der Waals surface area contributed by atoms with Gasteiger partial charge in [0, 0.05) is 6.04 Å². The maximum absolute atomic E-state index is 11.6. The first kappa shape index (κ1) is 9.70. The summed E-state index contributed by atoms with van der Waals surface area (Å²) in [5, 5.41) is 17.5. The van der Waals surface area contributed by atoms with Gasteiger partial charge in [-0.1, -0.05) is 0 Å². The molecule has 0 radical (unpaired) electrons. The van der Waals surface area contributed by atoms with E-state index in [0.29, 0.717) is 0 Å². The standard InChI is InChI=1S/C9H11N3O3/c13-8(11-5-2-1-3-5)7-6(9(14)15)4-10-12-7/h4-5H,1-3H2,(H,10,12)(H,11,13)(H,14,15). The summed E-state index contributed by atoms with van der Waals surface area (Å²) in [5.74, 6) is -1.54. The highest BCUT2D eigenvalue weighted by atomic mass is 16.4. The number of carbonyl (C=O) groups is 2. The number of nitrogens with zero attached hydrogens (tertiary/aromatic N) is 1. The molecule has 0 spiro atoms. The Hall–Kier alpha value is -1.85. The van der Waals surface area contributed by atoms with Crippen LogP contribution in [0.4, 0.5) is 0 Å². The summed E-state index contributed by atoms with van der Waals surface area (Å²) in [6, 6.07) is 0.183. The monoisotopic (exact) mass is 209 g/mol. The van der Waals surface area contributed by atoms with Crippen molar-refractivity contribution in [2.24, 2.45) is 0 Å². The van der Waals surface area contributed by atoms with Crippen LogP contribution in [-0.4, -0.2) is 33.2 Å². The number of hydrogen-bond donors (Lipinski definition) is 3. The molecule has 1 fully saturated rings. The number of amides is 1. The summed E-state index contributed by atoms with van der Waals surface area (Å²) >= 11 is 0. The second-order valence-corrected chi connectivity index (χ2v) is 3.57. The van der Waals surface area contributed by atoms with Gasteiger partial charge in [0.1, 0.15) is 11.3 Å². The minimum absolute atomic E-state index is 0.0226. The summed E-state index contributed by atoms with van der Waals surface area (Å²) < 4.78 is 0. The van der Waals surface area contributed by atoms with E-state index < -0.39 is 11.9 Å². The molecule has 6 heteroatoms. The van der Waals surface area contributed by atoms with Gasteiger partial charge in [0.25, 0.3) is 5.91 Å². The molecule has 6 nitrogen and oxygen atoms in total. The smallest absolute Gasteiger partial charge is 0.339 e. The van der Waals surface area contributed by atoms with Gasteiger partial charge in [-0.25, -0.2) is 4.79 Å². The van der Waals surface area contributed by atoms with Crippen molar-refractivity contribution in [3.8, 4) is 0 Å². The van der Waals surface area contributed by atoms with Crippen LogP contribution in [0.3, 0.4) is 0 Å². The zero-order valence-corrected chi connectivity index (χ0v) is 7.99. The first-order valence-corrected chi connectivity index (χ1v) is 4.76. The lowest BCUT2D eigenvalue weighted by Gasteiger charge is -2.26. The van der Waals surface area contributed by atoms with Crippen molar-refractivity contribution in [3.63, 3.8) is 0 Å². The molecule has 0 unspecified atom stereocenters. The molecule has 1 aliphatic carbocycles. The van der Waals surface area contributed by atoms with Crippen LogP contribution >= 0.6 is 0 Å². The zero-order chi connectivity index (χ0) is 10.8. The van der Waals surface area contributed by atoms with Crippen molar-refractivity contribution in [1.82, 2.24) is 15.5 Å². The quantitative estimate of drug-likeness (QED) is 0.671. The topological polar surface area (TPSA) is 95.1 Å². The van der Waals surface area contributed by atoms with Gasteiger partial charge in [-0.05, 0) is 19.3 Å². The molecular weight excluding hydrogens is 198 g/mol. The largest absolute Gasteiger partial charge is 0.478 e. The van der Waals surface area contributed by atoms with Crippen LogP contribution in [0, 0.1) is 0 Å². The number of carboxylic acid groups (broad SMARTS) is 1. The van der Waals surface area contributed by atoms with E-state index in [0.717, 1.165) is 25.5 Å². The first-order chi connectivity index (χ1) is 7.18. The van der Waals surface area contributed by atoms with Crippen molar-refractivity contribution in [1.29, 1.82) is 0 Å². The third-order valence-electron chi connectivity index (χ3n) is 2.54. The molecule has 3 N–H and O–H groups in total. The fraction of sp³-hybridized carbons (Fsp3) is 0.444.